The van der Waals surface area contributed by atoms with E-state index in [4.69, 9.17) is 25.8 Å². The molecule has 3 atom stereocenters. The SMILES string of the molecule is CCC(CC1OC1CC)c1cc(OC)c(Cl)cc1OC. The second kappa shape index (κ2) is 6.68. The smallest absolute Gasteiger partial charge is 0.138 e. The lowest BCUT2D eigenvalue weighted by molar-refractivity contribution is 0.344. The molecule has 4 heteroatoms. The van der Waals surface area contributed by atoms with Crippen molar-refractivity contribution in [2.24, 2.45) is 0 Å². The molecule has 0 N–H and O–H groups in total. The average Bonchev–Trinajstić information content (AvgIpc) is 3.23. The third-order valence-electron chi connectivity index (χ3n) is 4.04. The molecule has 3 nitrogen and oxygen atoms in total. The Balaban J connectivity index is 2.23. The molecule has 1 aromatic rings. The Morgan fingerprint density at radius 2 is 1.85 bits per heavy atom. The minimum atomic E-state index is 0.385. The molecule has 3 unspecified atom stereocenters. The van der Waals surface area contributed by atoms with Crippen LogP contribution in [0.2, 0.25) is 5.02 Å². The van der Waals surface area contributed by atoms with Gasteiger partial charge in [0.25, 0.3) is 0 Å². The highest BCUT2D eigenvalue weighted by molar-refractivity contribution is 6.32. The predicted octanol–water partition coefficient (Wildman–Crippen LogP) is 4.42. The zero-order valence-corrected chi connectivity index (χ0v) is 13.4. The van der Waals surface area contributed by atoms with E-state index in [-0.39, 0.29) is 0 Å². The molecule has 0 bridgehead atoms. The van der Waals surface area contributed by atoms with E-state index in [1.165, 1.54) is 0 Å². The molecular formula is C16H23ClO3. The quantitative estimate of drug-likeness (QED) is 0.698. The van der Waals surface area contributed by atoms with Crippen LogP contribution in [-0.4, -0.2) is 26.4 Å². The Morgan fingerprint density at radius 1 is 1.15 bits per heavy atom. The third kappa shape index (κ3) is 3.21. The maximum absolute atomic E-state index is 6.16. The van der Waals surface area contributed by atoms with Gasteiger partial charge in [0.15, 0.2) is 0 Å². The summed E-state index contributed by atoms with van der Waals surface area (Å²) >= 11 is 6.16. The largest absolute Gasteiger partial charge is 0.496 e. The molecule has 1 heterocycles. The van der Waals surface area contributed by atoms with Crippen molar-refractivity contribution in [1.82, 2.24) is 0 Å². The van der Waals surface area contributed by atoms with E-state index in [2.05, 4.69) is 13.8 Å². The zero-order chi connectivity index (χ0) is 14.7. The van der Waals surface area contributed by atoms with E-state index < -0.39 is 0 Å². The van der Waals surface area contributed by atoms with Gasteiger partial charge < -0.3 is 14.2 Å². The molecule has 112 valence electrons. The summed E-state index contributed by atoms with van der Waals surface area (Å²) in [6, 6.07) is 3.84. The fourth-order valence-electron chi connectivity index (χ4n) is 2.74. The van der Waals surface area contributed by atoms with Crippen molar-refractivity contribution >= 4 is 11.6 Å². The van der Waals surface area contributed by atoms with Gasteiger partial charge in [0.1, 0.15) is 11.5 Å². The summed E-state index contributed by atoms with van der Waals surface area (Å²) in [4.78, 5) is 0. The van der Waals surface area contributed by atoms with Crippen LogP contribution in [0.15, 0.2) is 12.1 Å². The van der Waals surface area contributed by atoms with Crippen LogP contribution in [0.1, 0.15) is 44.6 Å². The highest BCUT2D eigenvalue weighted by atomic mass is 35.5. The summed E-state index contributed by atoms with van der Waals surface area (Å²) in [6.07, 6.45) is 3.97. The molecule has 0 aliphatic carbocycles. The molecule has 0 saturated carbocycles. The number of ether oxygens (including phenoxy) is 3. The highest BCUT2D eigenvalue weighted by Crippen LogP contribution is 2.42. The molecule has 0 radical (unpaired) electrons. The number of rotatable bonds is 7. The van der Waals surface area contributed by atoms with E-state index in [0.29, 0.717) is 28.9 Å². The van der Waals surface area contributed by atoms with Gasteiger partial charge in [-0.2, -0.15) is 0 Å². The predicted molar refractivity (Wildman–Crippen MR) is 81.2 cm³/mol. The Hall–Kier alpha value is -0.930. The van der Waals surface area contributed by atoms with E-state index >= 15 is 0 Å². The van der Waals surface area contributed by atoms with Crippen molar-refractivity contribution in [2.75, 3.05) is 14.2 Å². The van der Waals surface area contributed by atoms with Crippen LogP contribution < -0.4 is 9.47 Å². The molecule has 1 fully saturated rings. The van der Waals surface area contributed by atoms with Gasteiger partial charge in [-0.05, 0) is 31.2 Å². The van der Waals surface area contributed by atoms with E-state index in [0.717, 1.165) is 30.6 Å². The molecule has 2 rings (SSSR count). The molecule has 0 amide bonds. The van der Waals surface area contributed by atoms with Crippen LogP contribution in [0.4, 0.5) is 0 Å². The van der Waals surface area contributed by atoms with Gasteiger partial charge in [-0.3, -0.25) is 0 Å². The van der Waals surface area contributed by atoms with Crippen LogP contribution >= 0.6 is 11.6 Å². The second-order valence-electron chi connectivity index (χ2n) is 5.19. The van der Waals surface area contributed by atoms with Gasteiger partial charge in [-0.1, -0.05) is 25.4 Å². The lowest BCUT2D eigenvalue weighted by Gasteiger charge is -2.19. The molecule has 20 heavy (non-hydrogen) atoms. The van der Waals surface area contributed by atoms with Crippen molar-refractivity contribution in [2.45, 2.75) is 51.2 Å². The van der Waals surface area contributed by atoms with Crippen molar-refractivity contribution in [1.29, 1.82) is 0 Å². The van der Waals surface area contributed by atoms with Crippen LogP contribution in [-0.2, 0) is 4.74 Å². The minimum Gasteiger partial charge on any atom is -0.496 e. The number of hydrogen-bond acceptors (Lipinski definition) is 3. The molecule has 1 aromatic carbocycles. The molecule has 1 saturated heterocycles. The van der Waals surface area contributed by atoms with Crippen molar-refractivity contribution in [3.63, 3.8) is 0 Å². The standard InChI is InChI=1S/C16H23ClO3/c1-5-10(7-16-13(6-2)20-16)11-8-15(19-4)12(17)9-14(11)18-3/h8-10,13,16H,5-7H2,1-4H3. The number of methoxy groups -OCH3 is 2. The third-order valence-corrected chi connectivity index (χ3v) is 4.34. The van der Waals surface area contributed by atoms with Crippen LogP contribution in [0.5, 0.6) is 11.5 Å². The maximum atomic E-state index is 6.16. The molecule has 0 aromatic heterocycles. The Bertz CT molecular complexity index is 461. The Morgan fingerprint density at radius 3 is 2.35 bits per heavy atom. The van der Waals surface area contributed by atoms with Crippen LogP contribution in [0.25, 0.3) is 0 Å². The highest BCUT2D eigenvalue weighted by Gasteiger charge is 2.38. The number of hydrogen-bond donors (Lipinski definition) is 0. The monoisotopic (exact) mass is 298 g/mol. The summed E-state index contributed by atoms with van der Waals surface area (Å²) in [5.74, 6) is 1.93. The minimum absolute atomic E-state index is 0.385. The topological polar surface area (TPSA) is 31.0 Å². The fourth-order valence-corrected chi connectivity index (χ4v) is 2.97. The molecule has 0 spiro atoms. The van der Waals surface area contributed by atoms with Crippen molar-refractivity contribution in [3.8, 4) is 11.5 Å². The summed E-state index contributed by atoms with van der Waals surface area (Å²) in [5, 5.41) is 0.581. The maximum Gasteiger partial charge on any atom is 0.138 e. The second-order valence-corrected chi connectivity index (χ2v) is 5.60. The lowest BCUT2D eigenvalue weighted by atomic mass is 9.90. The van der Waals surface area contributed by atoms with Gasteiger partial charge in [0, 0.05) is 11.6 Å². The average molecular weight is 299 g/mol. The summed E-state index contributed by atoms with van der Waals surface area (Å²) < 4.78 is 16.5. The molecule has 1 aliphatic rings. The van der Waals surface area contributed by atoms with Gasteiger partial charge >= 0.3 is 0 Å². The van der Waals surface area contributed by atoms with E-state index in [1.54, 1.807) is 14.2 Å². The first kappa shape index (κ1) is 15.5. The zero-order valence-electron chi connectivity index (χ0n) is 12.6. The van der Waals surface area contributed by atoms with E-state index in [9.17, 15) is 0 Å². The van der Waals surface area contributed by atoms with Crippen LogP contribution in [0.3, 0.4) is 0 Å². The van der Waals surface area contributed by atoms with Gasteiger partial charge in [0.2, 0.25) is 0 Å². The summed E-state index contributed by atoms with van der Waals surface area (Å²) in [5.41, 5.74) is 1.15. The first-order chi connectivity index (χ1) is 9.64. The summed E-state index contributed by atoms with van der Waals surface area (Å²) in [7, 11) is 3.31. The number of epoxide rings is 1. The lowest BCUT2D eigenvalue weighted by Crippen LogP contribution is -2.06. The van der Waals surface area contributed by atoms with E-state index in [1.807, 2.05) is 12.1 Å². The van der Waals surface area contributed by atoms with Crippen molar-refractivity contribution in [3.05, 3.63) is 22.7 Å². The van der Waals surface area contributed by atoms with Crippen molar-refractivity contribution < 1.29 is 14.2 Å². The first-order valence-electron chi connectivity index (χ1n) is 7.21. The summed E-state index contributed by atoms with van der Waals surface area (Å²) in [6.45, 7) is 4.35. The Kier molecular flexibility index (Phi) is 5.17. The van der Waals surface area contributed by atoms with Gasteiger partial charge in [-0.25, -0.2) is 0 Å². The molecule has 1 aliphatic heterocycles. The Labute approximate surface area is 126 Å². The number of benzene rings is 1. The van der Waals surface area contributed by atoms with Crippen LogP contribution in [0, 0.1) is 0 Å². The van der Waals surface area contributed by atoms with Gasteiger partial charge in [0.05, 0.1) is 31.5 Å². The number of halogens is 1. The first-order valence-corrected chi connectivity index (χ1v) is 7.59. The fraction of sp³-hybridized carbons (Fsp3) is 0.625. The molecular weight excluding hydrogens is 276 g/mol. The normalized spacial score (nSPS) is 22.4. The van der Waals surface area contributed by atoms with Gasteiger partial charge in [-0.15, -0.1) is 0 Å².